The first-order valence-corrected chi connectivity index (χ1v) is 8.14. The summed E-state index contributed by atoms with van der Waals surface area (Å²) in [5.74, 6) is -0.567. The Kier molecular flexibility index (Phi) is 4.95. The standard InChI is InChI=1S/C17H14ClF3N2O3/c18-14-6-5-13(26-14)16(25)23-9-7-22(8-10-23)15(24)11-1-3-12(4-2-11)17(19,20)21/h1-6H,7-10H2. The first kappa shape index (κ1) is 18.3. The molecule has 0 unspecified atom stereocenters. The summed E-state index contributed by atoms with van der Waals surface area (Å²) in [6, 6.07) is 7.03. The van der Waals surface area contributed by atoms with E-state index >= 15 is 0 Å². The van der Waals surface area contributed by atoms with Gasteiger partial charge in [0.25, 0.3) is 11.8 Å². The lowest BCUT2D eigenvalue weighted by atomic mass is 10.1. The maximum Gasteiger partial charge on any atom is 0.416 e. The second-order valence-corrected chi connectivity index (χ2v) is 6.14. The van der Waals surface area contributed by atoms with Crippen LogP contribution in [0.5, 0.6) is 0 Å². The largest absolute Gasteiger partial charge is 0.440 e. The zero-order valence-electron chi connectivity index (χ0n) is 13.4. The molecule has 1 aliphatic rings. The molecular weight excluding hydrogens is 373 g/mol. The van der Waals surface area contributed by atoms with Crippen molar-refractivity contribution in [1.29, 1.82) is 0 Å². The average molecular weight is 387 g/mol. The van der Waals surface area contributed by atoms with E-state index in [-0.39, 0.29) is 41.4 Å². The lowest BCUT2D eigenvalue weighted by molar-refractivity contribution is -0.137. The van der Waals surface area contributed by atoms with Crippen LogP contribution >= 0.6 is 11.6 Å². The molecule has 3 rings (SSSR count). The van der Waals surface area contributed by atoms with E-state index in [1.807, 2.05) is 0 Å². The molecule has 1 aromatic carbocycles. The van der Waals surface area contributed by atoms with Gasteiger partial charge >= 0.3 is 6.18 Å². The number of carbonyl (C=O) groups excluding carboxylic acids is 2. The van der Waals surface area contributed by atoms with Crippen LogP contribution < -0.4 is 0 Å². The predicted molar refractivity (Wildman–Crippen MR) is 87.0 cm³/mol. The summed E-state index contributed by atoms with van der Waals surface area (Å²) in [5, 5.41) is 0.115. The summed E-state index contributed by atoms with van der Waals surface area (Å²) in [6.07, 6.45) is -4.44. The number of benzene rings is 1. The van der Waals surface area contributed by atoms with Crippen molar-refractivity contribution in [2.24, 2.45) is 0 Å². The van der Waals surface area contributed by atoms with Gasteiger partial charge < -0.3 is 14.2 Å². The minimum atomic E-state index is -4.44. The van der Waals surface area contributed by atoms with E-state index in [2.05, 4.69) is 0 Å². The Hall–Kier alpha value is -2.48. The number of hydrogen-bond acceptors (Lipinski definition) is 3. The fraction of sp³-hybridized carbons (Fsp3) is 0.294. The minimum Gasteiger partial charge on any atom is -0.440 e. The molecule has 1 aromatic heterocycles. The van der Waals surface area contributed by atoms with E-state index in [9.17, 15) is 22.8 Å². The zero-order valence-corrected chi connectivity index (χ0v) is 14.2. The number of nitrogens with zero attached hydrogens (tertiary/aromatic N) is 2. The van der Waals surface area contributed by atoms with Crippen molar-refractivity contribution in [1.82, 2.24) is 9.80 Å². The Morgan fingerprint density at radius 1 is 0.885 bits per heavy atom. The second kappa shape index (κ2) is 7.03. The molecule has 0 aliphatic carbocycles. The van der Waals surface area contributed by atoms with Crippen LogP contribution in [-0.4, -0.2) is 47.8 Å². The van der Waals surface area contributed by atoms with Crippen LogP contribution in [0.25, 0.3) is 0 Å². The number of rotatable bonds is 2. The maximum atomic E-state index is 12.6. The molecule has 2 heterocycles. The van der Waals surface area contributed by atoms with Gasteiger partial charge in [-0.3, -0.25) is 9.59 Å². The van der Waals surface area contributed by atoms with Gasteiger partial charge in [-0.1, -0.05) is 0 Å². The summed E-state index contributed by atoms with van der Waals surface area (Å²) in [6.45, 7) is 1.15. The van der Waals surface area contributed by atoms with Crippen LogP contribution in [0.3, 0.4) is 0 Å². The van der Waals surface area contributed by atoms with E-state index in [0.29, 0.717) is 13.1 Å². The Morgan fingerprint density at radius 2 is 1.42 bits per heavy atom. The summed E-state index contributed by atoms with van der Waals surface area (Å²) < 4.78 is 42.8. The molecule has 1 saturated heterocycles. The van der Waals surface area contributed by atoms with E-state index in [0.717, 1.165) is 24.3 Å². The predicted octanol–water partition coefficient (Wildman–Crippen LogP) is 3.55. The normalized spacial score (nSPS) is 15.2. The third kappa shape index (κ3) is 3.85. The van der Waals surface area contributed by atoms with Gasteiger partial charge in [-0.2, -0.15) is 13.2 Å². The van der Waals surface area contributed by atoms with Gasteiger partial charge in [0.05, 0.1) is 5.56 Å². The third-order valence-electron chi connectivity index (χ3n) is 4.10. The van der Waals surface area contributed by atoms with Gasteiger partial charge in [-0.15, -0.1) is 0 Å². The van der Waals surface area contributed by atoms with E-state index in [1.165, 1.54) is 21.9 Å². The molecule has 0 radical (unpaired) electrons. The number of alkyl halides is 3. The highest BCUT2D eigenvalue weighted by Gasteiger charge is 2.31. The fourth-order valence-corrected chi connectivity index (χ4v) is 2.83. The van der Waals surface area contributed by atoms with Crippen LogP contribution in [0.15, 0.2) is 40.8 Å². The second-order valence-electron chi connectivity index (χ2n) is 5.76. The molecule has 0 bridgehead atoms. The molecule has 9 heteroatoms. The number of carbonyl (C=O) groups is 2. The van der Waals surface area contributed by atoms with Crippen LogP contribution in [0.1, 0.15) is 26.5 Å². The zero-order chi connectivity index (χ0) is 18.9. The minimum absolute atomic E-state index is 0.115. The Labute approximate surface area is 151 Å². The van der Waals surface area contributed by atoms with Crippen molar-refractivity contribution >= 4 is 23.4 Å². The van der Waals surface area contributed by atoms with Gasteiger partial charge in [-0.25, -0.2) is 0 Å². The molecule has 0 spiro atoms. The van der Waals surface area contributed by atoms with Gasteiger partial charge in [0.1, 0.15) is 0 Å². The molecular formula is C17H14ClF3N2O3. The lowest BCUT2D eigenvalue weighted by Crippen LogP contribution is -2.50. The van der Waals surface area contributed by atoms with E-state index in [4.69, 9.17) is 16.0 Å². The molecule has 1 fully saturated rings. The van der Waals surface area contributed by atoms with Crippen molar-refractivity contribution in [3.8, 4) is 0 Å². The molecule has 0 saturated carbocycles. The molecule has 0 N–H and O–H groups in total. The number of piperazine rings is 1. The molecule has 0 atom stereocenters. The molecule has 5 nitrogen and oxygen atoms in total. The van der Waals surface area contributed by atoms with Crippen LogP contribution in [0.4, 0.5) is 13.2 Å². The van der Waals surface area contributed by atoms with E-state index in [1.54, 1.807) is 0 Å². The summed E-state index contributed by atoms with van der Waals surface area (Å²) in [7, 11) is 0. The van der Waals surface area contributed by atoms with Gasteiger partial charge in [0.15, 0.2) is 11.0 Å². The first-order chi connectivity index (χ1) is 12.3. The first-order valence-electron chi connectivity index (χ1n) is 7.77. The van der Waals surface area contributed by atoms with Crippen molar-refractivity contribution < 1.29 is 27.2 Å². The van der Waals surface area contributed by atoms with Crippen molar-refractivity contribution in [3.63, 3.8) is 0 Å². The van der Waals surface area contributed by atoms with Crippen molar-refractivity contribution in [2.75, 3.05) is 26.2 Å². The van der Waals surface area contributed by atoms with Crippen molar-refractivity contribution in [3.05, 3.63) is 58.5 Å². The fourth-order valence-electron chi connectivity index (χ4n) is 2.68. The topological polar surface area (TPSA) is 53.8 Å². The summed E-state index contributed by atoms with van der Waals surface area (Å²) in [5.41, 5.74) is -0.628. The van der Waals surface area contributed by atoms with Gasteiger partial charge in [0, 0.05) is 31.7 Å². The van der Waals surface area contributed by atoms with Crippen LogP contribution in [0, 0.1) is 0 Å². The average Bonchev–Trinajstić information content (AvgIpc) is 3.06. The molecule has 138 valence electrons. The molecule has 2 amide bonds. The number of hydrogen-bond donors (Lipinski definition) is 0. The molecule has 2 aromatic rings. The summed E-state index contributed by atoms with van der Waals surface area (Å²) in [4.78, 5) is 27.7. The Morgan fingerprint density at radius 3 is 1.88 bits per heavy atom. The van der Waals surface area contributed by atoms with E-state index < -0.39 is 11.7 Å². The van der Waals surface area contributed by atoms with Gasteiger partial charge in [0.2, 0.25) is 0 Å². The lowest BCUT2D eigenvalue weighted by Gasteiger charge is -2.34. The molecule has 26 heavy (non-hydrogen) atoms. The maximum absolute atomic E-state index is 12.6. The van der Waals surface area contributed by atoms with Gasteiger partial charge in [-0.05, 0) is 48.0 Å². The highest BCUT2D eigenvalue weighted by Crippen LogP contribution is 2.29. The third-order valence-corrected chi connectivity index (χ3v) is 4.30. The summed E-state index contributed by atoms with van der Waals surface area (Å²) >= 11 is 5.65. The number of amides is 2. The van der Waals surface area contributed by atoms with Crippen LogP contribution in [-0.2, 0) is 6.18 Å². The monoisotopic (exact) mass is 386 g/mol. The van der Waals surface area contributed by atoms with Crippen LogP contribution in [0.2, 0.25) is 5.22 Å². The number of halogens is 4. The Bertz CT molecular complexity index is 809. The SMILES string of the molecule is O=C(c1ccc(C(F)(F)F)cc1)N1CCN(C(=O)c2ccc(Cl)o2)CC1. The smallest absolute Gasteiger partial charge is 0.416 e. The highest BCUT2D eigenvalue weighted by molar-refractivity contribution is 6.29. The number of furan rings is 1. The quantitative estimate of drug-likeness (QED) is 0.793. The highest BCUT2D eigenvalue weighted by atomic mass is 35.5. The molecule has 1 aliphatic heterocycles. The van der Waals surface area contributed by atoms with Crippen molar-refractivity contribution in [2.45, 2.75) is 6.18 Å². The Balaban J connectivity index is 1.61.